The van der Waals surface area contributed by atoms with E-state index in [0.29, 0.717) is 0 Å². The maximum absolute atomic E-state index is 2.60. The summed E-state index contributed by atoms with van der Waals surface area (Å²) in [5.74, 6) is 5.21. The van der Waals surface area contributed by atoms with Gasteiger partial charge in [-0.05, 0) is 72.8 Å². The van der Waals surface area contributed by atoms with Crippen molar-refractivity contribution < 1.29 is 0 Å². The first kappa shape index (κ1) is 26.2. The summed E-state index contributed by atoms with van der Waals surface area (Å²) in [5, 5.41) is 8.14. The Morgan fingerprint density at radius 3 is 0.525 bits per heavy atom. The molecule has 0 saturated heterocycles. The van der Waals surface area contributed by atoms with Crippen LogP contribution >= 0.6 is 14.5 Å². The molecule has 0 radical (unpaired) electrons. The van der Waals surface area contributed by atoms with E-state index >= 15 is 0 Å². The molecule has 0 heterocycles. The molecule has 0 fully saturated rings. The Morgan fingerprint density at radius 1 is 0.225 bits per heavy atom. The highest BCUT2D eigenvalue weighted by atomic mass is 31.2. The first-order valence-electron chi connectivity index (χ1n) is 13.7. The van der Waals surface area contributed by atoms with E-state index in [4.69, 9.17) is 0 Å². The van der Waals surface area contributed by atoms with E-state index in [0.717, 1.165) is 0 Å². The second-order valence-electron chi connectivity index (χ2n) is 9.76. The molecule has 0 aliphatic rings. The van der Waals surface area contributed by atoms with E-state index in [1.165, 1.54) is 31.8 Å². The van der Waals surface area contributed by atoms with Crippen molar-refractivity contribution in [2.75, 3.05) is 0 Å². The van der Waals surface area contributed by atoms with Gasteiger partial charge in [0.25, 0.3) is 0 Å². The quantitative estimate of drug-likeness (QED) is 0.173. The average Bonchev–Trinajstić information content (AvgIpc) is 3.06. The number of hydrogen-bond acceptors (Lipinski definition) is 0. The summed E-state index contributed by atoms with van der Waals surface area (Å²) in [4.78, 5) is 0. The lowest BCUT2D eigenvalue weighted by Gasteiger charge is -2.27. The number of hydrogen-bond donors (Lipinski definition) is 0. The van der Waals surface area contributed by atoms with Gasteiger partial charge in [-0.2, -0.15) is 0 Å². The lowest BCUT2D eigenvalue weighted by molar-refractivity contribution is 1.72. The minimum atomic E-state index is -2.16. The van der Waals surface area contributed by atoms with Gasteiger partial charge in [-0.25, -0.2) is 0 Å². The maximum atomic E-state index is 2.60. The molecule has 0 nitrogen and oxygen atoms in total. The summed E-state index contributed by atoms with van der Waals surface area (Å²) in [6.45, 7) is 0. The molecule has 192 valence electrons. The molecule has 0 bridgehead atoms. The van der Waals surface area contributed by atoms with E-state index in [1.807, 2.05) is 0 Å². The normalized spacial score (nSPS) is 11.9. The summed E-state index contributed by atoms with van der Waals surface area (Å²) in [6, 6.07) is 66.6. The van der Waals surface area contributed by atoms with Crippen molar-refractivity contribution in [2.45, 2.75) is 0 Å². The third-order valence-corrected chi connectivity index (χ3v) is 15.6. The van der Waals surface area contributed by atoms with Crippen molar-refractivity contribution >= 4 is 46.4 Å². The third-order valence-electron chi connectivity index (χ3n) is 7.49. The van der Waals surface area contributed by atoms with E-state index in [1.54, 1.807) is 0 Å². The molecule has 40 heavy (non-hydrogen) atoms. The lowest BCUT2D eigenvalue weighted by atomic mass is 10.4. The van der Waals surface area contributed by atoms with Crippen molar-refractivity contribution in [3.05, 3.63) is 194 Å². The van der Waals surface area contributed by atoms with E-state index in [-0.39, 0.29) is 0 Å². The van der Waals surface area contributed by atoms with Crippen LogP contribution in [0.15, 0.2) is 194 Å². The van der Waals surface area contributed by atoms with Crippen molar-refractivity contribution in [3.63, 3.8) is 0 Å². The fraction of sp³-hybridized carbons (Fsp3) is 0. The van der Waals surface area contributed by atoms with Crippen LogP contribution in [0.1, 0.15) is 0 Å². The summed E-state index contributed by atoms with van der Waals surface area (Å²) in [6.07, 6.45) is 0. The second-order valence-corrected chi connectivity index (χ2v) is 16.3. The highest BCUT2D eigenvalue weighted by molar-refractivity contribution is 8.01. The van der Waals surface area contributed by atoms with Gasteiger partial charge in [0.2, 0.25) is 0 Å². The van der Waals surface area contributed by atoms with Gasteiger partial charge in [-0.3, -0.25) is 0 Å². The molecular weight excluding hydrogens is 518 g/mol. The highest BCUT2D eigenvalue weighted by Gasteiger charge is 2.49. The van der Waals surface area contributed by atoms with Gasteiger partial charge in [-0.15, -0.1) is 0 Å². The minimum Gasteiger partial charge on any atom is -0.0620 e. The van der Waals surface area contributed by atoms with Crippen LogP contribution in [0.25, 0.3) is 0 Å². The third kappa shape index (κ3) is 4.87. The molecule has 6 aromatic carbocycles. The van der Waals surface area contributed by atoms with Gasteiger partial charge >= 0.3 is 0 Å². The van der Waals surface area contributed by atoms with Gasteiger partial charge < -0.3 is 0 Å². The molecule has 0 unspecified atom stereocenters. The van der Waals surface area contributed by atoms with E-state index in [9.17, 15) is 0 Å². The van der Waals surface area contributed by atoms with Crippen LogP contribution in [0.3, 0.4) is 0 Å². The lowest BCUT2D eigenvalue weighted by Crippen LogP contribution is -2.32. The van der Waals surface area contributed by atoms with Crippen molar-refractivity contribution in [1.82, 2.24) is 0 Å². The standard InChI is InChI=1S/C38H32P2/c1-7-19-33(20-8-1)39(34-21-9-2-10-22-34,35-23-11-3-12-24-35)31-32-40(36-25-13-4-14-26-36,37-27-15-5-16-28-37)38-29-17-6-18-30-38/h1-32H/q+2/b32-31+. The molecule has 0 N–H and O–H groups in total. The maximum Gasteiger partial charge on any atom is 0.140 e. The predicted molar refractivity (Wildman–Crippen MR) is 179 cm³/mol. The van der Waals surface area contributed by atoms with Crippen molar-refractivity contribution in [2.24, 2.45) is 0 Å². The molecule has 0 aliphatic carbocycles. The summed E-state index contributed by atoms with van der Waals surface area (Å²) < 4.78 is 0. The molecule has 0 saturated carbocycles. The summed E-state index contributed by atoms with van der Waals surface area (Å²) in [5.41, 5.74) is 0. The predicted octanol–water partition coefficient (Wildman–Crippen LogP) is 7.45. The Labute approximate surface area is 239 Å². The smallest absolute Gasteiger partial charge is 0.0620 e. The Hall–Kier alpha value is -4.08. The van der Waals surface area contributed by atoms with Crippen molar-refractivity contribution in [3.8, 4) is 0 Å². The van der Waals surface area contributed by atoms with Gasteiger partial charge in [0.1, 0.15) is 58.0 Å². The van der Waals surface area contributed by atoms with E-state index in [2.05, 4.69) is 194 Å². The van der Waals surface area contributed by atoms with E-state index < -0.39 is 14.5 Å². The van der Waals surface area contributed by atoms with Crippen LogP contribution in [0.5, 0.6) is 0 Å². The summed E-state index contributed by atoms with van der Waals surface area (Å²) in [7, 11) is -4.33. The SMILES string of the molecule is C(=C\[P+](c1ccccc1)(c1ccccc1)c1ccccc1)/[P+](c1ccccc1)(c1ccccc1)c1ccccc1. The molecule has 0 atom stereocenters. The Balaban J connectivity index is 1.72. The second kappa shape index (κ2) is 12.0. The first-order valence-corrected chi connectivity index (χ1v) is 17.4. The fourth-order valence-corrected chi connectivity index (χ4v) is 13.9. The number of benzene rings is 6. The fourth-order valence-electron chi connectivity index (χ4n) is 5.59. The van der Waals surface area contributed by atoms with Gasteiger partial charge in [0.05, 0.1) is 0 Å². The molecular formula is C38H32P2+2. The first-order chi connectivity index (χ1) is 19.8. The molecule has 6 aromatic rings. The van der Waals surface area contributed by atoms with Crippen LogP contribution in [-0.2, 0) is 0 Å². The Kier molecular flexibility index (Phi) is 7.83. The monoisotopic (exact) mass is 550 g/mol. The Bertz CT molecular complexity index is 1330. The molecule has 2 heteroatoms. The molecule has 0 spiro atoms. The molecule has 0 aliphatic heterocycles. The van der Waals surface area contributed by atoms with Gasteiger partial charge in [0.15, 0.2) is 0 Å². The zero-order valence-electron chi connectivity index (χ0n) is 22.4. The van der Waals surface area contributed by atoms with Crippen LogP contribution < -0.4 is 31.8 Å². The van der Waals surface area contributed by atoms with Crippen molar-refractivity contribution in [1.29, 1.82) is 0 Å². The van der Waals surface area contributed by atoms with Crippen LogP contribution in [0.2, 0.25) is 0 Å². The topological polar surface area (TPSA) is 0 Å². The zero-order valence-corrected chi connectivity index (χ0v) is 24.2. The number of rotatable bonds is 8. The van der Waals surface area contributed by atoms with Crippen LogP contribution in [-0.4, -0.2) is 0 Å². The average molecular weight is 551 g/mol. The van der Waals surface area contributed by atoms with Gasteiger partial charge in [0, 0.05) is 0 Å². The molecule has 6 rings (SSSR count). The molecule has 0 amide bonds. The van der Waals surface area contributed by atoms with Crippen LogP contribution in [0.4, 0.5) is 0 Å². The molecule has 0 aromatic heterocycles. The minimum absolute atomic E-state index is 1.36. The zero-order chi connectivity index (χ0) is 27.1. The highest BCUT2D eigenvalue weighted by Crippen LogP contribution is 2.63. The van der Waals surface area contributed by atoms with Gasteiger partial charge in [-0.1, -0.05) is 109 Å². The Morgan fingerprint density at radius 2 is 0.375 bits per heavy atom. The summed E-state index contributed by atoms with van der Waals surface area (Å²) >= 11 is 0. The largest absolute Gasteiger partial charge is 0.140 e. The van der Waals surface area contributed by atoms with Crippen LogP contribution in [0, 0.1) is 0 Å².